The van der Waals surface area contributed by atoms with Crippen molar-refractivity contribution in [3.05, 3.63) is 60.4 Å². The van der Waals surface area contributed by atoms with Crippen LogP contribution in [-0.4, -0.2) is 44.8 Å². The third kappa shape index (κ3) is 3.33. The first kappa shape index (κ1) is 18.8. The first-order chi connectivity index (χ1) is 13.5. The molecule has 28 heavy (non-hydrogen) atoms. The van der Waals surface area contributed by atoms with Gasteiger partial charge in [0.25, 0.3) is 0 Å². The molecule has 2 aromatic rings. The number of carboxylic acid groups (broad SMARTS) is 1. The monoisotopic (exact) mass is 400 g/mol. The number of nitrogens with zero attached hydrogens (tertiary/aromatic N) is 2. The van der Waals surface area contributed by atoms with Crippen LogP contribution in [0.3, 0.4) is 0 Å². The van der Waals surface area contributed by atoms with Gasteiger partial charge in [-0.3, -0.25) is 4.79 Å². The lowest BCUT2D eigenvalue weighted by Gasteiger charge is -2.45. The zero-order chi connectivity index (χ0) is 19.8. The zero-order valence-electron chi connectivity index (χ0n) is 15.2. The van der Waals surface area contributed by atoms with Gasteiger partial charge in [-0.2, -0.15) is 0 Å². The molecule has 3 heterocycles. The van der Waals surface area contributed by atoms with Crippen LogP contribution in [0.15, 0.2) is 54.9 Å². The Morgan fingerprint density at radius 1 is 1.29 bits per heavy atom. The fourth-order valence-electron chi connectivity index (χ4n) is 3.62. The van der Waals surface area contributed by atoms with Gasteiger partial charge in [0.2, 0.25) is 5.91 Å². The average Bonchev–Trinajstić information content (AvgIpc) is 2.98. The molecule has 0 saturated carbocycles. The number of aliphatic carboxylic acids is 1. The lowest BCUT2D eigenvalue weighted by molar-refractivity contribution is -0.688. The van der Waals surface area contributed by atoms with Gasteiger partial charge in [0.15, 0.2) is 24.4 Å². The number of amides is 1. The van der Waals surface area contributed by atoms with E-state index in [4.69, 9.17) is 4.74 Å². The van der Waals surface area contributed by atoms with E-state index in [-0.39, 0.29) is 5.91 Å². The minimum atomic E-state index is -1.35. The molecule has 5 atom stereocenters. The fraction of sp³-hybridized carbons (Fsp3) is 0.350. The van der Waals surface area contributed by atoms with Crippen molar-refractivity contribution in [2.75, 3.05) is 0 Å². The van der Waals surface area contributed by atoms with E-state index in [1.165, 1.54) is 23.6 Å². The number of hydrogen-bond acceptors (Lipinski definition) is 6. The van der Waals surface area contributed by atoms with Gasteiger partial charge in [-0.1, -0.05) is 17.8 Å². The van der Waals surface area contributed by atoms with Crippen LogP contribution in [0.5, 0.6) is 5.75 Å². The maximum absolute atomic E-state index is 12.2. The van der Waals surface area contributed by atoms with Gasteiger partial charge in [-0.25, -0.2) is 4.57 Å². The molecule has 7 nitrogen and oxygen atoms in total. The van der Waals surface area contributed by atoms with E-state index in [0.29, 0.717) is 12.3 Å². The van der Waals surface area contributed by atoms with Crippen molar-refractivity contribution >= 4 is 23.6 Å². The Morgan fingerprint density at radius 2 is 1.96 bits per heavy atom. The predicted molar refractivity (Wildman–Crippen MR) is 98.8 cm³/mol. The quantitative estimate of drug-likeness (QED) is 0.531. The number of β-lactam (4-membered cyclic amide) rings is 1. The second-order valence-corrected chi connectivity index (χ2v) is 8.20. The van der Waals surface area contributed by atoms with E-state index < -0.39 is 34.8 Å². The summed E-state index contributed by atoms with van der Waals surface area (Å²) in [5, 5.41) is 21.0. The summed E-state index contributed by atoms with van der Waals surface area (Å²) in [4.78, 5) is 25.1. The second kappa shape index (κ2) is 7.44. The van der Waals surface area contributed by atoms with Gasteiger partial charge in [0.1, 0.15) is 11.8 Å². The highest BCUT2D eigenvalue weighted by Gasteiger charge is 2.61. The molecule has 1 aromatic carbocycles. The van der Waals surface area contributed by atoms with Gasteiger partial charge in [0, 0.05) is 17.7 Å². The number of hydrogen-bond donors (Lipinski definition) is 1. The number of fused-ring (bicyclic) bond motifs is 1. The van der Waals surface area contributed by atoms with E-state index in [0.717, 1.165) is 5.56 Å². The summed E-state index contributed by atoms with van der Waals surface area (Å²) in [7, 11) is 0. The summed E-state index contributed by atoms with van der Waals surface area (Å²) < 4.78 is 7.91. The number of carbonyl (C=O) groups is 2. The Morgan fingerprint density at radius 3 is 2.57 bits per heavy atom. The highest BCUT2D eigenvalue weighted by atomic mass is 32.2. The van der Waals surface area contributed by atoms with Crippen LogP contribution in [0, 0.1) is 5.92 Å². The average molecular weight is 400 g/mol. The minimum absolute atomic E-state index is 0.372. The van der Waals surface area contributed by atoms with Crippen LogP contribution in [0.1, 0.15) is 12.5 Å². The molecule has 0 spiro atoms. The van der Waals surface area contributed by atoms with Crippen molar-refractivity contribution in [2.24, 2.45) is 5.92 Å². The fourth-order valence-corrected chi connectivity index (χ4v) is 5.33. The Kier molecular flexibility index (Phi) is 4.99. The highest BCUT2D eigenvalue weighted by molar-refractivity contribution is 8.00. The first-order valence-corrected chi connectivity index (χ1v) is 9.96. The number of carbonyl (C=O) groups excluding carboxylic acids is 2. The van der Waals surface area contributed by atoms with Crippen LogP contribution < -0.4 is 14.4 Å². The minimum Gasteiger partial charge on any atom is -0.548 e. The summed E-state index contributed by atoms with van der Waals surface area (Å²) in [6, 6.07) is 12.1. The number of pyridine rings is 1. The Hall–Kier alpha value is -2.58. The third-order valence-electron chi connectivity index (χ3n) is 5.03. The smallest absolute Gasteiger partial charge is 0.232 e. The molecule has 2 aliphatic rings. The summed E-state index contributed by atoms with van der Waals surface area (Å²) in [6.07, 6.45) is 3.12. The molecule has 4 rings (SSSR count). The lowest BCUT2D eigenvalue weighted by Crippen LogP contribution is -2.66. The van der Waals surface area contributed by atoms with Crippen molar-refractivity contribution in [2.45, 2.75) is 36.4 Å². The van der Waals surface area contributed by atoms with Crippen molar-refractivity contribution in [1.29, 1.82) is 0 Å². The molecular weight excluding hydrogens is 380 g/mol. The molecule has 0 radical (unpaired) electrons. The van der Waals surface area contributed by atoms with Gasteiger partial charge in [-0.15, -0.1) is 0 Å². The number of benzene rings is 1. The standard InChI is InChI=1S/C20H20N2O5S/c1-12(23)15-17(24)22-16(19(25)26)20(28-18(15)22)27-14-7-5-13(6-8-14)11-21-9-3-2-4-10-21/h2-10,12,15-16,18,20,23H,11H2,1H3/t12-,15+,16?,18-,20?/m1/s1. The van der Waals surface area contributed by atoms with E-state index in [9.17, 15) is 19.8 Å². The molecule has 0 bridgehead atoms. The zero-order valence-corrected chi connectivity index (χ0v) is 16.0. The van der Waals surface area contributed by atoms with Gasteiger partial charge in [-0.05, 0) is 31.2 Å². The van der Waals surface area contributed by atoms with Crippen LogP contribution in [-0.2, 0) is 16.1 Å². The predicted octanol–water partition coefficient (Wildman–Crippen LogP) is -0.242. The van der Waals surface area contributed by atoms with E-state index >= 15 is 0 Å². The van der Waals surface area contributed by atoms with Crippen LogP contribution in [0.25, 0.3) is 0 Å². The molecule has 2 fully saturated rings. The number of thioether (sulfide) groups is 1. The lowest BCUT2D eigenvalue weighted by atomic mass is 9.91. The van der Waals surface area contributed by atoms with Crippen molar-refractivity contribution < 1.29 is 29.1 Å². The maximum atomic E-state index is 12.2. The van der Waals surface area contributed by atoms with Crippen LogP contribution >= 0.6 is 11.8 Å². The first-order valence-electron chi connectivity index (χ1n) is 9.02. The van der Waals surface area contributed by atoms with Crippen molar-refractivity contribution in [3.63, 3.8) is 0 Å². The largest absolute Gasteiger partial charge is 0.548 e. The number of carboxylic acids is 1. The number of aliphatic hydroxyl groups is 1. The molecule has 2 saturated heterocycles. The second-order valence-electron chi connectivity index (χ2n) is 6.98. The highest BCUT2D eigenvalue weighted by Crippen LogP contribution is 2.48. The number of rotatable bonds is 6. The summed E-state index contributed by atoms with van der Waals surface area (Å²) in [6.45, 7) is 2.24. The van der Waals surface area contributed by atoms with E-state index in [1.54, 1.807) is 12.1 Å². The number of ether oxygens (including phenoxy) is 1. The van der Waals surface area contributed by atoms with Crippen LogP contribution in [0.2, 0.25) is 0 Å². The molecule has 2 unspecified atom stereocenters. The molecular formula is C20H20N2O5S. The Bertz CT molecular complexity index is 874. The van der Waals surface area contributed by atoms with Crippen molar-refractivity contribution in [1.82, 2.24) is 4.90 Å². The normalized spacial score (nSPS) is 27.1. The van der Waals surface area contributed by atoms with Gasteiger partial charge < -0.3 is 24.6 Å². The molecule has 8 heteroatoms. The Labute approximate surface area is 166 Å². The summed E-state index contributed by atoms with van der Waals surface area (Å²) >= 11 is 1.24. The van der Waals surface area contributed by atoms with E-state index in [1.807, 2.05) is 47.3 Å². The molecule has 0 aliphatic carbocycles. The SMILES string of the molecule is C[C@@H](O)[C@H]1C(=O)N2C(C(=O)[O-])C(Oc3ccc(C[n+]4ccccc4)cc3)S[C@H]12. The summed E-state index contributed by atoms with van der Waals surface area (Å²) in [5.41, 5.74) is 0.296. The molecule has 2 aliphatic heterocycles. The molecule has 1 N–H and O–H groups in total. The molecule has 1 amide bonds. The maximum Gasteiger partial charge on any atom is 0.232 e. The van der Waals surface area contributed by atoms with Crippen LogP contribution in [0.4, 0.5) is 0 Å². The van der Waals surface area contributed by atoms with Crippen molar-refractivity contribution in [3.8, 4) is 5.75 Å². The van der Waals surface area contributed by atoms with Gasteiger partial charge in [0.05, 0.1) is 23.4 Å². The number of aliphatic hydroxyl groups excluding tert-OH is 1. The Balaban J connectivity index is 1.46. The summed E-state index contributed by atoms with van der Waals surface area (Å²) in [5.74, 6) is -1.81. The van der Waals surface area contributed by atoms with E-state index in [2.05, 4.69) is 0 Å². The number of aromatic nitrogens is 1. The molecule has 1 aromatic heterocycles. The molecule has 146 valence electrons. The third-order valence-corrected chi connectivity index (χ3v) is 6.45. The van der Waals surface area contributed by atoms with Gasteiger partial charge >= 0.3 is 0 Å². The topological polar surface area (TPSA) is 93.8 Å².